The fourth-order valence-corrected chi connectivity index (χ4v) is 3.10. The van der Waals surface area contributed by atoms with Crippen LogP contribution in [-0.2, 0) is 6.54 Å². The first-order valence-corrected chi connectivity index (χ1v) is 6.76. The van der Waals surface area contributed by atoms with Gasteiger partial charge < -0.3 is 4.90 Å². The van der Waals surface area contributed by atoms with Gasteiger partial charge in [0.2, 0.25) is 0 Å². The molecule has 0 saturated heterocycles. The molecule has 2 heterocycles. The van der Waals surface area contributed by atoms with Crippen molar-refractivity contribution in [3.05, 3.63) is 44.1 Å². The second-order valence-corrected chi connectivity index (χ2v) is 5.72. The van der Waals surface area contributed by atoms with E-state index in [9.17, 15) is 0 Å². The summed E-state index contributed by atoms with van der Waals surface area (Å²) in [5.74, 6) is 0.901. The summed E-state index contributed by atoms with van der Waals surface area (Å²) in [5, 5.41) is 2.72. The lowest BCUT2D eigenvalue weighted by molar-refractivity contribution is 0.908. The van der Waals surface area contributed by atoms with Crippen molar-refractivity contribution in [1.82, 2.24) is 4.98 Å². The molecule has 0 aliphatic carbocycles. The van der Waals surface area contributed by atoms with Gasteiger partial charge in [-0.15, -0.1) is 11.3 Å². The molecule has 0 aliphatic heterocycles. The molecule has 0 aromatic carbocycles. The van der Waals surface area contributed by atoms with E-state index in [4.69, 9.17) is 11.6 Å². The molecular weight excluding hydrogens is 308 g/mol. The van der Waals surface area contributed by atoms with Gasteiger partial charge in [-0.25, -0.2) is 4.98 Å². The zero-order valence-electron chi connectivity index (χ0n) is 8.65. The topological polar surface area (TPSA) is 16.1 Å². The Labute approximate surface area is 112 Å². The van der Waals surface area contributed by atoms with Crippen molar-refractivity contribution >= 4 is 44.7 Å². The maximum atomic E-state index is 5.86. The molecule has 0 bridgehead atoms. The van der Waals surface area contributed by atoms with Gasteiger partial charge in [0, 0.05) is 18.1 Å². The highest BCUT2D eigenvalue weighted by atomic mass is 79.9. The summed E-state index contributed by atoms with van der Waals surface area (Å²) in [7, 11) is 2.01. The summed E-state index contributed by atoms with van der Waals surface area (Å²) >= 11 is 11.1. The number of anilines is 1. The van der Waals surface area contributed by atoms with Crippen LogP contribution in [0.4, 0.5) is 5.82 Å². The summed E-state index contributed by atoms with van der Waals surface area (Å²) < 4.78 is 0.916. The third kappa shape index (κ3) is 2.75. The predicted molar refractivity (Wildman–Crippen MR) is 73.4 cm³/mol. The first kappa shape index (κ1) is 11.9. The Morgan fingerprint density at radius 3 is 3.00 bits per heavy atom. The number of thiophene rings is 1. The minimum Gasteiger partial charge on any atom is -0.354 e. The van der Waals surface area contributed by atoms with Crippen LogP contribution in [0.2, 0.25) is 5.02 Å². The van der Waals surface area contributed by atoms with Gasteiger partial charge in [-0.3, -0.25) is 0 Å². The smallest absolute Gasteiger partial charge is 0.143 e. The van der Waals surface area contributed by atoms with Crippen LogP contribution in [-0.4, -0.2) is 12.0 Å². The SMILES string of the molecule is CN(Cc1cccs1)c1ncc(Cl)cc1Br. The van der Waals surface area contributed by atoms with E-state index in [1.54, 1.807) is 17.5 Å². The monoisotopic (exact) mass is 316 g/mol. The Balaban J connectivity index is 2.17. The van der Waals surface area contributed by atoms with Gasteiger partial charge in [0.25, 0.3) is 0 Å². The highest BCUT2D eigenvalue weighted by molar-refractivity contribution is 9.10. The van der Waals surface area contributed by atoms with Crippen molar-refractivity contribution in [3.8, 4) is 0 Å². The van der Waals surface area contributed by atoms with Crippen LogP contribution in [0.25, 0.3) is 0 Å². The van der Waals surface area contributed by atoms with E-state index in [2.05, 4.69) is 43.3 Å². The molecule has 0 fully saturated rings. The second-order valence-electron chi connectivity index (χ2n) is 3.39. The molecule has 0 N–H and O–H groups in total. The highest BCUT2D eigenvalue weighted by Gasteiger charge is 2.08. The molecule has 0 spiro atoms. The number of aromatic nitrogens is 1. The van der Waals surface area contributed by atoms with Gasteiger partial charge in [0.05, 0.1) is 16.0 Å². The number of rotatable bonds is 3. The lowest BCUT2D eigenvalue weighted by Gasteiger charge is -2.18. The first-order valence-electron chi connectivity index (χ1n) is 4.71. The fourth-order valence-electron chi connectivity index (χ4n) is 1.40. The Morgan fingerprint density at radius 1 is 1.56 bits per heavy atom. The quantitative estimate of drug-likeness (QED) is 0.843. The summed E-state index contributed by atoms with van der Waals surface area (Å²) in [5.41, 5.74) is 0. The standard InChI is InChI=1S/C11H10BrClN2S/c1-15(7-9-3-2-4-16-9)11-10(12)5-8(13)6-14-11/h2-6H,7H2,1H3. The van der Waals surface area contributed by atoms with Crippen LogP contribution in [0, 0.1) is 0 Å². The van der Waals surface area contributed by atoms with E-state index in [1.807, 2.05) is 13.1 Å². The Kier molecular flexibility index (Phi) is 3.84. The maximum absolute atomic E-state index is 5.86. The second kappa shape index (κ2) is 5.17. The van der Waals surface area contributed by atoms with E-state index in [1.165, 1.54) is 4.88 Å². The van der Waals surface area contributed by atoms with Crippen LogP contribution in [0.3, 0.4) is 0 Å². The van der Waals surface area contributed by atoms with Crippen molar-refractivity contribution in [2.45, 2.75) is 6.54 Å². The number of halogens is 2. The van der Waals surface area contributed by atoms with E-state index in [0.717, 1.165) is 16.8 Å². The summed E-state index contributed by atoms with van der Waals surface area (Å²) in [6.07, 6.45) is 1.66. The molecule has 84 valence electrons. The summed E-state index contributed by atoms with van der Waals surface area (Å²) in [4.78, 5) is 7.71. The molecular formula is C11H10BrClN2S. The zero-order valence-corrected chi connectivity index (χ0v) is 11.8. The molecule has 0 unspecified atom stereocenters. The van der Waals surface area contributed by atoms with Gasteiger partial charge in [-0.2, -0.15) is 0 Å². The van der Waals surface area contributed by atoms with Crippen LogP contribution >= 0.6 is 38.9 Å². The van der Waals surface area contributed by atoms with E-state index in [0.29, 0.717) is 5.02 Å². The van der Waals surface area contributed by atoms with E-state index < -0.39 is 0 Å². The molecule has 2 aromatic heterocycles. The fraction of sp³-hybridized carbons (Fsp3) is 0.182. The molecule has 0 aliphatic rings. The Morgan fingerprint density at radius 2 is 2.38 bits per heavy atom. The maximum Gasteiger partial charge on any atom is 0.143 e. The Bertz CT molecular complexity index is 473. The van der Waals surface area contributed by atoms with Crippen LogP contribution in [0.1, 0.15) is 4.88 Å². The van der Waals surface area contributed by atoms with Gasteiger partial charge in [-0.05, 0) is 33.4 Å². The third-order valence-corrected chi connectivity index (χ3v) is 3.77. The number of hydrogen-bond donors (Lipinski definition) is 0. The number of nitrogens with zero attached hydrogens (tertiary/aromatic N) is 2. The normalized spacial score (nSPS) is 10.4. The molecule has 0 amide bonds. The lowest BCUT2D eigenvalue weighted by Crippen LogP contribution is -2.17. The molecule has 0 radical (unpaired) electrons. The van der Waals surface area contributed by atoms with Crippen LogP contribution < -0.4 is 4.90 Å². The highest BCUT2D eigenvalue weighted by Crippen LogP contribution is 2.27. The molecule has 0 atom stereocenters. The molecule has 0 saturated carbocycles. The Hall–Kier alpha value is -0.580. The van der Waals surface area contributed by atoms with Gasteiger partial charge >= 0.3 is 0 Å². The molecule has 2 rings (SSSR count). The molecule has 5 heteroatoms. The van der Waals surface area contributed by atoms with Crippen molar-refractivity contribution in [3.63, 3.8) is 0 Å². The first-order chi connectivity index (χ1) is 7.66. The van der Waals surface area contributed by atoms with E-state index in [-0.39, 0.29) is 0 Å². The largest absolute Gasteiger partial charge is 0.354 e. The van der Waals surface area contributed by atoms with Crippen molar-refractivity contribution in [2.24, 2.45) is 0 Å². The minimum absolute atomic E-state index is 0.639. The van der Waals surface area contributed by atoms with E-state index >= 15 is 0 Å². The van der Waals surface area contributed by atoms with Gasteiger partial charge in [-0.1, -0.05) is 17.7 Å². The summed E-state index contributed by atoms with van der Waals surface area (Å²) in [6.45, 7) is 0.852. The average molecular weight is 318 g/mol. The average Bonchev–Trinajstić information content (AvgIpc) is 2.70. The van der Waals surface area contributed by atoms with Crippen LogP contribution in [0.5, 0.6) is 0 Å². The van der Waals surface area contributed by atoms with Crippen LogP contribution in [0.15, 0.2) is 34.2 Å². The number of pyridine rings is 1. The van der Waals surface area contributed by atoms with Gasteiger partial charge in [0.15, 0.2) is 0 Å². The van der Waals surface area contributed by atoms with Crippen molar-refractivity contribution < 1.29 is 0 Å². The zero-order chi connectivity index (χ0) is 11.5. The third-order valence-electron chi connectivity index (χ3n) is 2.12. The van der Waals surface area contributed by atoms with Crippen molar-refractivity contribution in [2.75, 3.05) is 11.9 Å². The summed E-state index contributed by atoms with van der Waals surface area (Å²) in [6, 6.07) is 6.03. The molecule has 2 nitrogen and oxygen atoms in total. The van der Waals surface area contributed by atoms with Crippen molar-refractivity contribution in [1.29, 1.82) is 0 Å². The lowest BCUT2D eigenvalue weighted by atomic mass is 10.4. The predicted octanol–water partition coefficient (Wildman–Crippen LogP) is 4.20. The number of hydrogen-bond acceptors (Lipinski definition) is 3. The van der Waals surface area contributed by atoms with Gasteiger partial charge in [0.1, 0.15) is 5.82 Å². The minimum atomic E-state index is 0.639. The molecule has 16 heavy (non-hydrogen) atoms. The molecule has 2 aromatic rings.